The highest BCUT2D eigenvalue weighted by atomic mass is 16.4. The Kier molecular flexibility index (Phi) is 4.12. The molecule has 0 aromatic rings. The van der Waals surface area contributed by atoms with Gasteiger partial charge in [-0.2, -0.15) is 0 Å². The Morgan fingerprint density at radius 2 is 2.00 bits per heavy atom. The van der Waals surface area contributed by atoms with Gasteiger partial charge in [0.2, 0.25) is 0 Å². The zero-order chi connectivity index (χ0) is 11.4. The van der Waals surface area contributed by atoms with Crippen molar-refractivity contribution in [1.82, 2.24) is 0 Å². The van der Waals surface area contributed by atoms with E-state index in [1.807, 2.05) is 0 Å². The number of aliphatic carboxylic acids is 2. The Morgan fingerprint density at radius 3 is 2.40 bits per heavy atom. The first-order valence-corrected chi connectivity index (χ1v) is 5.49. The van der Waals surface area contributed by atoms with Crippen molar-refractivity contribution in [1.29, 1.82) is 0 Å². The predicted molar refractivity (Wildman–Crippen MR) is 54.5 cm³/mol. The van der Waals surface area contributed by atoms with Gasteiger partial charge in [-0.3, -0.25) is 9.59 Å². The standard InChI is InChI=1S/C11H18O4/c1-2-7-3-4-8(5-7)9(11(14)15)6-10(12)13/h7-9H,2-6H2,1H3,(H,12,13)(H,14,15)/t7-,8+,9-/m1/s1. The summed E-state index contributed by atoms with van der Waals surface area (Å²) in [6.45, 7) is 2.10. The molecule has 15 heavy (non-hydrogen) atoms. The van der Waals surface area contributed by atoms with Crippen molar-refractivity contribution >= 4 is 11.9 Å². The second kappa shape index (κ2) is 5.14. The summed E-state index contributed by atoms with van der Waals surface area (Å²) >= 11 is 0. The van der Waals surface area contributed by atoms with Gasteiger partial charge in [0.15, 0.2) is 0 Å². The van der Waals surface area contributed by atoms with Crippen molar-refractivity contribution < 1.29 is 19.8 Å². The number of carbonyl (C=O) groups is 2. The van der Waals surface area contributed by atoms with Gasteiger partial charge < -0.3 is 10.2 Å². The maximum atomic E-state index is 11.0. The van der Waals surface area contributed by atoms with E-state index in [9.17, 15) is 9.59 Å². The van der Waals surface area contributed by atoms with Crippen molar-refractivity contribution in [2.75, 3.05) is 0 Å². The lowest BCUT2D eigenvalue weighted by Crippen LogP contribution is -2.25. The molecule has 3 atom stereocenters. The van der Waals surface area contributed by atoms with Crippen molar-refractivity contribution in [3.05, 3.63) is 0 Å². The molecule has 2 N–H and O–H groups in total. The monoisotopic (exact) mass is 214 g/mol. The molecule has 1 fully saturated rings. The number of hydrogen-bond donors (Lipinski definition) is 2. The van der Waals surface area contributed by atoms with Crippen LogP contribution in [0.3, 0.4) is 0 Å². The van der Waals surface area contributed by atoms with Gasteiger partial charge in [0, 0.05) is 0 Å². The number of carboxylic acids is 2. The largest absolute Gasteiger partial charge is 0.481 e. The van der Waals surface area contributed by atoms with Crippen molar-refractivity contribution in [3.63, 3.8) is 0 Å². The molecule has 0 heterocycles. The maximum Gasteiger partial charge on any atom is 0.307 e. The molecular formula is C11H18O4. The van der Waals surface area contributed by atoms with Crippen LogP contribution in [0, 0.1) is 17.8 Å². The van der Waals surface area contributed by atoms with E-state index in [0.29, 0.717) is 5.92 Å². The zero-order valence-corrected chi connectivity index (χ0v) is 8.98. The molecule has 1 saturated carbocycles. The fourth-order valence-corrected chi connectivity index (χ4v) is 2.49. The lowest BCUT2D eigenvalue weighted by molar-refractivity contribution is -0.150. The van der Waals surface area contributed by atoms with E-state index < -0.39 is 17.9 Å². The van der Waals surface area contributed by atoms with Gasteiger partial charge in [-0.1, -0.05) is 19.8 Å². The summed E-state index contributed by atoms with van der Waals surface area (Å²) in [6, 6.07) is 0. The molecular weight excluding hydrogens is 196 g/mol. The number of carboxylic acid groups (broad SMARTS) is 2. The molecule has 1 aliphatic rings. The van der Waals surface area contributed by atoms with E-state index in [1.54, 1.807) is 0 Å². The molecule has 0 aromatic carbocycles. The first-order chi connectivity index (χ1) is 7.04. The van der Waals surface area contributed by atoms with Crippen LogP contribution >= 0.6 is 0 Å². The normalized spacial score (nSPS) is 27.5. The van der Waals surface area contributed by atoms with Crippen molar-refractivity contribution in [2.24, 2.45) is 17.8 Å². The quantitative estimate of drug-likeness (QED) is 0.733. The van der Waals surface area contributed by atoms with Gasteiger partial charge in [-0.15, -0.1) is 0 Å². The number of hydrogen-bond acceptors (Lipinski definition) is 2. The molecule has 1 aliphatic carbocycles. The van der Waals surface area contributed by atoms with Crippen LogP contribution in [0.4, 0.5) is 0 Å². The van der Waals surface area contributed by atoms with Gasteiger partial charge in [0.05, 0.1) is 12.3 Å². The molecule has 0 amide bonds. The Bertz CT molecular complexity index is 249. The van der Waals surface area contributed by atoms with Gasteiger partial charge >= 0.3 is 11.9 Å². The lowest BCUT2D eigenvalue weighted by atomic mass is 9.87. The van der Waals surface area contributed by atoms with Crippen LogP contribution in [0.2, 0.25) is 0 Å². The molecule has 1 rings (SSSR count). The highest BCUT2D eigenvalue weighted by molar-refractivity contribution is 5.78. The SMILES string of the molecule is CC[C@@H]1CC[C@H]([C@@H](CC(=O)O)C(=O)O)C1. The molecule has 0 radical (unpaired) electrons. The molecule has 0 unspecified atom stereocenters. The van der Waals surface area contributed by atoms with Crippen LogP contribution in [0.15, 0.2) is 0 Å². The summed E-state index contributed by atoms with van der Waals surface area (Å²) in [5, 5.41) is 17.6. The second-order valence-corrected chi connectivity index (χ2v) is 4.39. The molecule has 4 heteroatoms. The Labute approximate surface area is 89.3 Å². The smallest absolute Gasteiger partial charge is 0.307 e. The van der Waals surface area contributed by atoms with E-state index in [4.69, 9.17) is 10.2 Å². The minimum Gasteiger partial charge on any atom is -0.481 e. The fourth-order valence-electron chi connectivity index (χ4n) is 2.49. The van der Waals surface area contributed by atoms with E-state index in [1.165, 1.54) is 0 Å². The van der Waals surface area contributed by atoms with Crippen molar-refractivity contribution in [2.45, 2.75) is 39.0 Å². The zero-order valence-electron chi connectivity index (χ0n) is 8.98. The summed E-state index contributed by atoms with van der Waals surface area (Å²) in [6.07, 6.45) is 3.61. The fraction of sp³-hybridized carbons (Fsp3) is 0.818. The summed E-state index contributed by atoms with van der Waals surface area (Å²) in [5.74, 6) is -2.02. The Morgan fingerprint density at radius 1 is 1.33 bits per heavy atom. The first-order valence-electron chi connectivity index (χ1n) is 5.49. The Balaban J connectivity index is 2.57. The van der Waals surface area contributed by atoms with Crippen LogP contribution in [0.5, 0.6) is 0 Å². The van der Waals surface area contributed by atoms with Gasteiger partial charge in [0.25, 0.3) is 0 Å². The van der Waals surface area contributed by atoms with Crippen LogP contribution in [-0.4, -0.2) is 22.2 Å². The molecule has 0 spiro atoms. The topological polar surface area (TPSA) is 74.6 Å². The van der Waals surface area contributed by atoms with Crippen LogP contribution < -0.4 is 0 Å². The lowest BCUT2D eigenvalue weighted by Gasteiger charge is -2.17. The minimum atomic E-state index is -1.01. The highest BCUT2D eigenvalue weighted by Crippen LogP contribution is 2.38. The molecule has 86 valence electrons. The van der Waals surface area contributed by atoms with Crippen molar-refractivity contribution in [3.8, 4) is 0 Å². The van der Waals surface area contributed by atoms with Gasteiger partial charge in [-0.25, -0.2) is 0 Å². The van der Waals surface area contributed by atoms with Gasteiger partial charge in [-0.05, 0) is 24.7 Å². The van der Waals surface area contributed by atoms with Crippen LogP contribution in [0.25, 0.3) is 0 Å². The Hall–Kier alpha value is -1.06. The highest BCUT2D eigenvalue weighted by Gasteiger charge is 2.35. The third kappa shape index (κ3) is 3.22. The molecule has 4 nitrogen and oxygen atoms in total. The molecule has 0 aromatic heterocycles. The average molecular weight is 214 g/mol. The second-order valence-electron chi connectivity index (χ2n) is 4.39. The summed E-state index contributed by atoms with van der Waals surface area (Å²) in [7, 11) is 0. The van der Waals surface area contributed by atoms with Gasteiger partial charge in [0.1, 0.15) is 0 Å². The summed E-state index contributed by atoms with van der Waals surface area (Å²) in [4.78, 5) is 21.5. The van der Waals surface area contributed by atoms with E-state index in [0.717, 1.165) is 25.7 Å². The minimum absolute atomic E-state index is 0.0588. The van der Waals surface area contributed by atoms with Crippen LogP contribution in [-0.2, 0) is 9.59 Å². The summed E-state index contributed by atoms with van der Waals surface area (Å²) in [5.41, 5.74) is 0. The van der Waals surface area contributed by atoms with Crippen LogP contribution in [0.1, 0.15) is 39.0 Å². The van der Waals surface area contributed by atoms with E-state index in [-0.39, 0.29) is 12.3 Å². The molecule has 0 aliphatic heterocycles. The third-order valence-electron chi connectivity index (χ3n) is 3.44. The predicted octanol–water partition coefficient (Wildman–Crippen LogP) is 1.99. The third-order valence-corrected chi connectivity index (χ3v) is 3.44. The van der Waals surface area contributed by atoms with E-state index >= 15 is 0 Å². The molecule has 0 bridgehead atoms. The summed E-state index contributed by atoms with van der Waals surface area (Å²) < 4.78 is 0. The molecule has 0 saturated heterocycles. The first kappa shape index (κ1) is 12.0. The van der Waals surface area contributed by atoms with E-state index in [2.05, 4.69) is 6.92 Å². The average Bonchev–Trinajstić information content (AvgIpc) is 2.61. The maximum absolute atomic E-state index is 11.0. The number of rotatable bonds is 5.